The van der Waals surface area contributed by atoms with E-state index in [2.05, 4.69) is 27.7 Å². The lowest BCUT2D eigenvalue weighted by Crippen LogP contribution is -2.78. The Hall–Kier alpha value is -2.84. The second-order valence-corrected chi connectivity index (χ2v) is 30.3. The van der Waals surface area contributed by atoms with Crippen molar-refractivity contribution in [2.75, 3.05) is 0 Å². The van der Waals surface area contributed by atoms with Crippen molar-refractivity contribution in [1.29, 1.82) is 0 Å². The predicted octanol–water partition coefficient (Wildman–Crippen LogP) is 25.0. The average Bonchev–Trinajstić information content (AvgIpc) is 0.646. The van der Waals surface area contributed by atoms with Crippen LogP contribution in [0, 0.1) is 5.41 Å². The second-order valence-electron chi connectivity index (χ2n) is 27.9. The quantitative estimate of drug-likeness (QED) is 0.0242. The largest absolute Gasteiger partial charge is 0.302 e. The molecule has 0 bridgehead atoms. The maximum absolute atomic E-state index is 15.2. The Bertz CT molecular complexity index is 2290. The van der Waals surface area contributed by atoms with E-state index in [-0.39, 0.29) is 25.7 Å². The minimum absolute atomic E-state index is 0.128. The second kappa shape index (κ2) is 52.2. The average molecular weight is 1430 g/mol. The number of hydrogen-bond acceptors (Lipinski definition) is 8. The van der Waals surface area contributed by atoms with Crippen LogP contribution in [0.25, 0.3) is 0 Å². The monoisotopic (exact) mass is 1420 g/mol. The Morgan fingerprint density at radius 1 is 0.227 bits per heavy atom. The minimum atomic E-state index is -3.24. The van der Waals surface area contributed by atoms with E-state index in [0.717, 1.165) is 128 Å². The van der Waals surface area contributed by atoms with Crippen LogP contribution in [-0.2, 0) is 84.6 Å². The van der Waals surface area contributed by atoms with Gasteiger partial charge in [0.1, 0.15) is 27.8 Å². The Kier molecular flexibility index (Phi) is 46.6. The van der Waals surface area contributed by atoms with Gasteiger partial charge in [0.15, 0.2) is 0 Å². The Morgan fingerprint density at radius 3 is 0.495 bits per heavy atom. The normalized spacial score (nSPS) is 16.3. The molecule has 4 rings (SSSR count). The molecule has 8 unspecified atom stereocenters. The fourth-order valence-corrected chi connectivity index (χ4v) is 18.4. The van der Waals surface area contributed by atoms with Gasteiger partial charge in [-0.2, -0.15) is 16.8 Å². The SMILES string of the molecule is CCCCCCCCCCCCCC(OS(=O)O)(c1ccccc1)C(C(CCCCCCCCCCCCC)(OS(=O)O)c1ccccc1)(C(CCCCCCCCCCCCC)(OS(=O)O)c1ccccc1)C(CCCCCCCCCCCCC)(OS(=O)O)c1ccccc1. The van der Waals surface area contributed by atoms with E-state index in [9.17, 15) is 18.2 Å². The summed E-state index contributed by atoms with van der Waals surface area (Å²) in [4.78, 5) is 0. The molecule has 0 aromatic heterocycles. The third-order valence-electron chi connectivity index (χ3n) is 20.8. The molecule has 0 fully saturated rings. The molecular formula is C81H132O12S4. The number of benzene rings is 4. The Morgan fingerprint density at radius 2 is 0.361 bits per heavy atom. The van der Waals surface area contributed by atoms with Crippen LogP contribution >= 0.6 is 0 Å². The molecule has 12 nitrogen and oxygen atoms in total. The van der Waals surface area contributed by atoms with Crippen LogP contribution in [0.5, 0.6) is 0 Å². The molecule has 0 heterocycles. The molecule has 0 aliphatic rings. The summed E-state index contributed by atoms with van der Waals surface area (Å²) in [6.07, 6.45) is 42.6. The fourth-order valence-electron chi connectivity index (χ4n) is 16.2. The van der Waals surface area contributed by atoms with Crippen molar-refractivity contribution < 1.29 is 51.8 Å². The van der Waals surface area contributed by atoms with E-state index in [4.69, 9.17) is 16.7 Å². The molecule has 0 aliphatic carbocycles. The zero-order valence-corrected chi connectivity index (χ0v) is 63.9. The van der Waals surface area contributed by atoms with Crippen LogP contribution in [0.2, 0.25) is 0 Å². The van der Waals surface area contributed by atoms with Gasteiger partial charge in [0.2, 0.25) is 0 Å². The van der Waals surface area contributed by atoms with Crippen molar-refractivity contribution in [3.63, 3.8) is 0 Å². The highest BCUT2D eigenvalue weighted by atomic mass is 32.2. The summed E-state index contributed by atoms with van der Waals surface area (Å²) < 4.78 is 140. The van der Waals surface area contributed by atoms with Crippen molar-refractivity contribution >= 4 is 45.4 Å². The van der Waals surface area contributed by atoms with Gasteiger partial charge >= 0.3 is 45.4 Å². The maximum atomic E-state index is 15.2. The predicted molar refractivity (Wildman–Crippen MR) is 407 cm³/mol. The summed E-state index contributed by atoms with van der Waals surface area (Å²) >= 11 is -12.9. The molecule has 552 valence electrons. The maximum Gasteiger partial charge on any atom is 0.302 e. The highest BCUT2D eigenvalue weighted by Gasteiger charge is 2.85. The van der Waals surface area contributed by atoms with Crippen LogP contribution in [-0.4, -0.2) is 35.0 Å². The van der Waals surface area contributed by atoms with Crippen LogP contribution < -0.4 is 0 Å². The van der Waals surface area contributed by atoms with Crippen LogP contribution in [0.15, 0.2) is 121 Å². The van der Waals surface area contributed by atoms with Gasteiger partial charge in [-0.1, -0.05) is 432 Å². The topological polar surface area (TPSA) is 186 Å². The van der Waals surface area contributed by atoms with Gasteiger partial charge in [0.25, 0.3) is 0 Å². The van der Waals surface area contributed by atoms with Crippen molar-refractivity contribution in [1.82, 2.24) is 0 Å². The molecule has 16 heteroatoms. The van der Waals surface area contributed by atoms with Crippen molar-refractivity contribution in [3.05, 3.63) is 144 Å². The van der Waals surface area contributed by atoms with E-state index in [1.165, 1.54) is 103 Å². The summed E-state index contributed by atoms with van der Waals surface area (Å²) in [5, 5.41) is 0. The lowest BCUT2D eigenvalue weighted by molar-refractivity contribution is -0.344. The summed E-state index contributed by atoms with van der Waals surface area (Å²) in [6, 6.07) is 36.4. The zero-order chi connectivity index (χ0) is 70.0. The molecule has 0 saturated carbocycles. The highest BCUT2D eigenvalue weighted by Crippen LogP contribution is 2.77. The third-order valence-corrected chi connectivity index (χ3v) is 22.5. The van der Waals surface area contributed by atoms with Gasteiger partial charge in [-0.25, -0.2) is 0 Å². The molecule has 4 aromatic carbocycles. The van der Waals surface area contributed by atoms with Crippen LogP contribution in [0.3, 0.4) is 0 Å². The number of unbranched alkanes of at least 4 members (excludes halogenated alkanes) is 40. The zero-order valence-electron chi connectivity index (χ0n) is 60.7. The van der Waals surface area contributed by atoms with Gasteiger partial charge in [-0.15, -0.1) is 0 Å². The Labute approximate surface area is 600 Å². The van der Waals surface area contributed by atoms with Crippen molar-refractivity contribution in [2.45, 2.75) is 358 Å². The van der Waals surface area contributed by atoms with Gasteiger partial charge in [0, 0.05) is 0 Å². The molecule has 0 aliphatic heterocycles. The van der Waals surface area contributed by atoms with Gasteiger partial charge in [-0.05, 0) is 47.9 Å². The molecule has 0 saturated heterocycles. The first kappa shape index (κ1) is 86.6. The van der Waals surface area contributed by atoms with E-state index in [1.54, 1.807) is 0 Å². The van der Waals surface area contributed by atoms with Crippen LogP contribution in [0.1, 0.15) is 358 Å². The standard InChI is InChI=1S/C81H132O12S4/c1-5-9-13-17-21-25-29-33-37-41-57-69-77(90-94(82)83,73-61-49-45-50-62-73)81(78(91-95(84)85,74-63-51-46-52-64-74)70-58-42-38-34-30-26-22-18-14-10-6-2,79(92-96(86)87,75-65-53-47-54-66-75)71-59-43-39-35-31-27-23-19-15-11-7-3)80(93-97(88)89,76-67-55-48-56-68-76)72-60-44-40-36-32-28-24-20-16-12-8-4/h45-56,61-68H,5-44,57-60,69-72H2,1-4H3,(H,82,83)(H,84,85)(H,86,87)(H,88,89). The lowest BCUT2D eigenvalue weighted by atomic mass is 9.39. The summed E-state index contributed by atoms with van der Waals surface area (Å²) in [7, 11) is 0. The first-order chi connectivity index (χ1) is 47.3. The summed E-state index contributed by atoms with van der Waals surface area (Å²) in [5.41, 5.74) is -11.0. The third kappa shape index (κ3) is 28.4. The molecular weight excluding hydrogens is 1290 g/mol. The van der Waals surface area contributed by atoms with E-state index in [0.29, 0.717) is 73.6 Å². The molecule has 8 atom stereocenters. The van der Waals surface area contributed by atoms with E-state index in [1.807, 2.05) is 121 Å². The van der Waals surface area contributed by atoms with E-state index < -0.39 is 73.3 Å². The molecule has 97 heavy (non-hydrogen) atoms. The van der Waals surface area contributed by atoms with E-state index >= 15 is 16.8 Å². The first-order valence-corrected chi connectivity index (χ1v) is 42.9. The molecule has 0 radical (unpaired) electrons. The fraction of sp³-hybridized carbons (Fsp3) is 0.704. The smallest absolute Gasteiger partial charge is 0.284 e. The highest BCUT2D eigenvalue weighted by molar-refractivity contribution is 7.74. The van der Waals surface area contributed by atoms with Crippen LogP contribution in [0.4, 0.5) is 0 Å². The number of hydrogen-bond donors (Lipinski definition) is 4. The molecule has 4 aromatic rings. The van der Waals surface area contributed by atoms with Crippen molar-refractivity contribution in [3.8, 4) is 0 Å². The van der Waals surface area contributed by atoms with Crippen molar-refractivity contribution in [2.24, 2.45) is 5.41 Å². The van der Waals surface area contributed by atoms with Gasteiger partial charge in [-0.3, -0.25) is 34.9 Å². The van der Waals surface area contributed by atoms with Gasteiger partial charge in [0.05, 0.1) is 0 Å². The summed E-state index contributed by atoms with van der Waals surface area (Å²) in [6.45, 7) is 8.91. The summed E-state index contributed by atoms with van der Waals surface area (Å²) in [5.74, 6) is 0. The van der Waals surface area contributed by atoms with Gasteiger partial charge < -0.3 is 0 Å². The number of rotatable bonds is 64. The first-order valence-electron chi connectivity index (χ1n) is 38.8. The minimum Gasteiger partial charge on any atom is -0.284 e. The molecule has 0 amide bonds. The molecule has 4 N–H and O–H groups in total. The lowest BCUT2D eigenvalue weighted by Gasteiger charge is -2.70. The molecule has 0 spiro atoms. The Balaban J connectivity index is 2.36.